The number of benzene rings is 1. The van der Waals surface area contributed by atoms with Gasteiger partial charge in [-0.1, -0.05) is 35.9 Å². The summed E-state index contributed by atoms with van der Waals surface area (Å²) in [6.45, 7) is 2.95. The number of thiophene rings is 1. The van der Waals surface area contributed by atoms with Crippen molar-refractivity contribution in [2.24, 2.45) is 0 Å². The summed E-state index contributed by atoms with van der Waals surface area (Å²) in [4.78, 5) is 1.14. The highest BCUT2D eigenvalue weighted by Crippen LogP contribution is 2.23. The summed E-state index contributed by atoms with van der Waals surface area (Å²) in [6, 6.07) is 12.7. The van der Waals surface area contributed by atoms with E-state index < -0.39 is 0 Å². The molecule has 102 valence electrons. The summed E-state index contributed by atoms with van der Waals surface area (Å²) in [5.74, 6) is 0.928. The molecular weight excluding hydrogens is 286 g/mol. The van der Waals surface area contributed by atoms with Crippen LogP contribution in [0.4, 0.5) is 0 Å². The van der Waals surface area contributed by atoms with E-state index >= 15 is 0 Å². The third-order valence-corrected chi connectivity index (χ3v) is 4.38. The number of hydrogen-bond acceptors (Lipinski definition) is 3. The van der Waals surface area contributed by atoms with Gasteiger partial charge in [-0.2, -0.15) is 5.10 Å². The fourth-order valence-electron chi connectivity index (χ4n) is 2.23. The van der Waals surface area contributed by atoms with E-state index in [1.54, 1.807) is 11.3 Å². The zero-order chi connectivity index (χ0) is 13.9. The van der Waals surface area contributed by atoms with Gasteiger partial charge in [-0.05, 0) is 42.6 Å². The van der Waals surface area contributed by atoms with Crippen molar-refractivity contribution in [3.63, 3.8) is 0 Å². The quantitative estimate of drug-likeness (QED) is 0.732. The van der Waals surface area contributed by atoms with Gasteiger partial charge in [0, 0.05) is 6.54 Å². The molecule has 0 bridgehead atoms. The van der Waals surface area contributed by atoms with Gasteiger partial charge in [0.1, 0.15) is 0 Å². The molecule has 2 aromatic heterocycles. The van der Waals surface area contributed by atoms with Crippen LogP contribution in [0.5, 0.6) is 0 Å². The smallest absolute Gasteiger partial charge is 0.195 e. The molecule has 0 saturated heterocycles. The normalized spacial score (nSPS) is 10.8. The summed E-state index contributed by atoms with van der Waals surface area (Å²) in [5.41, 5.74) is 2.61. The maximum absolute atomic E-state index is 5.34. The molecule has 0 fully saturated rings. The van der Waals surface area contributed by atoms with Gasteiger partial charge in [0.15, 0.2) is 10.6 Å². The van der Waals surface area contributed by atoms with Crippen LogP contribution in [0, 0.1) is 11.7 Å². The van der Waals surface area contributed by atoms with Crippen LogP contribution < -0.4 is 0 Å². The number of nitrogens with zero attached hydrogens (tertiary/aromatic N) is 2. The summed E-state index contributed by atoms with van der Waals surface area (Å²) >= 11 is 7.02. The van der Waals surface area contributed by atoms with Crippen molar-refractivity contribution < 1.29 is 0 Å². The van der Waals surface area contributed by atoms with Crippen molar-refractivity contribution in [1.29, 1.82) is 0 Å². The summed E-state index contributed by atoms with van der Waals surface area (Å²) < 4.78 is 2.75. The van der Waals surface area contributed by atoms with Crippen molar-refractivity contribution in [2.75, 3.05) is 0 Å². The monoisotopic (exact) mass is 301 g/mol. The number of nitrogens with one attached hydrogen (secondary N) is 1. The SMILES string of the molecule is Cc1cccc(CCn2c(-c3cccs3)n[nH]c2=S)c1. The van der Waals surface area contributed by atoms with Crippen LogP contribution in [0.15, 0.2) is 41.8 Å². The summed E-state index contributed by atoms with van der Waals surface area (Å²) in [6.07, 6.45) is 0.952. The van der Waals surface area contributed by atoms with Crippen molar-refractivity contribution in [1.82, 2.24) is 14.8 Å². The first kappa shape index (κ1) is 13.3. The fraction of sp³-hybridized carbons (Fsp3) is 0.200. The minimum Gasteiger partial charge on any atom is -0.299 e. The third-order valence-electron chi connectivity index (χ3n) is 3.21. The van der Waals surface area contributed by atoms with Crippen molar-refractivity contribution in [3.8, 4) is 10.7 Å². The molecule has 3 nitrogen and oxygen atoms in total. The Morgan fingerprint density at radius 2 is 2.20 bits per heavy atom. The molecule has 3 aromatic rings. The lowest BCUT2D eigenvalue weighted by Gasteiger charge is -2.06. The number of aromatic nitrogens is 3. The molecule has 0 amide bonds. The molecule has 0 aliphatic carbocycles. The topological polar surface area (TPSA) is 33.6 Å². The molecule has 1 N–H and O–H groups in total. The second-order valence-corrected chi connectivity index (χ2v) is 6.05. The summed E-state index contributed by atoms with van der Waals surface area (Å²) in [7, 11) is 0. The average Bonchev–Trinajstić information content (AvgIpc) is 3.06. The van der Waals surface area contributed by atoms with E-state index in [9.17, 15) is 0 Å². The maximum Gasteiger partial charge on any atom is 0.195 e. The standard InChI is InChI=1S/C15H15N3S2/c1-11-4-2-5-12(10-11)7-8-18-14(16-17-15(18)19)13-6-3-9-20-13/h2-6,9-10H,7-8H2,1H3,(H,17,19). The van der Waals surface area contributed by atoms with Gasteiger partial charge >= 0.3 is 0 Å². The zero-order valence-electron chi connectivity index (χ0n) is 11.2. The number of hydrogen-bond donors (Lipinski definition) is 1. The Labute approximate surface area is 126 Å². The van der Waals surface area contributed by atoms with Crippen LogP contribution >= 0.6 is 23.6 Å². The van der Waals surface area contributed by atoms with Crippen molar-refractivity contribution >= 4 is 23.6 Å². The molecule has 5 heteroatoms. The van der Waals surface area contributed by atoms with Gasteiger partial charge < -0.3 is 0 Å². The largest absolute Gasteiger partial charge is 0.299 e. The second-order valence-electron chi connectivity index (χ2n) is 4.72. The molecule has 0 saturated carbocycles. The number of H-pyrrole nitrogens is 1. The predicted molar refractivity (Wildman–Crippen MR) is 85.6 cm³/mol. The van der Waals surface area contributed by atoms with E-state index in [1.165, 1.54) is 11.1 Å². The minimum absolute atomic E-state index is 0.682. The highest BCUT2D eigenvalue weighted by molar-refractivity contribution is 7.71. The highest BCUT2D eigenvalue weighted by Gasteiger charge is 2.09. The molecule has 3 rings (SSSR count). The van der Waals surface area contributed by atoms with Crippen molar-refractivity contribution in [3.05, 3.63) is 57.7 Å². The van der Waals surface area contributed by atoms with Gasteiger partial charge in [-0.25, -0.2) is 0 Å². The van der Waals surface area contributed by atoms with Gasteiger partial charge in [-0.15, -0.1) is 11.3 Å². The lowest BCUT2D eigenvalue weighted by molar-refractivity contribution is 0.692. The van der Waals surface area contributed by atoms with Gasteiger partial charge in [-0.3, -0.25) is 9.67 Å². The van der Waals surface area contributed by atoms with Gasteiger partial charge in [0.25, 0.3) is 0 Å². The molecule has 0 spiro atoms. The Balaban J connectivity index is 1.85. The molecule has 1 aromatic carbocycles. The molecule has 0 aliphatic heterocycles. The Kier molecular flexibility index (Phi) is 3.80. The van der Waals surface area contributed by atoms with Crippen LogP contribution in [-0.4, -0.2) is 14.8 Å². The zero-order valence-corrected chi connectivity index (χ0v) is 12.8. The molecular formula is C15H15N3S2. The first-order chi connectivity index (χ1) is 9.74. The molecule has 2 heterocycles. The van der Waals surface area contributed by atoms with E-state index in [1.807, 2.05) is 6.07 Å². The summed E-state index contributed by atoms with van der Waals surface area (Å²) in [5, 5.41) is 9.29. The minimum atomic E-state index is 0.682. The fourth-order valence-corrected chi connectivity index (χ4v) is 3.17. The van der Waals surface area contributed by atoms with E-state index in [-0.39, 0.29) is 0 Å². The van der Waals surface area contributed by atoms with Crippen LogP contribution in [-0.2, 0) is 13.0 Å². The number of aromatic amines is 1. The number of rotatable bonds is 4. The third kappa shape index (κ3) is 2.73. The number of aryl methyl sites for hydroxylation is 2. The van der Waals surface area contributed by atoms with E-state index in [4.69, 9.17) is 12.2 Å². The highest BCUT2D eigenvalue weighted by atomic mass is 32.1. The Morgan fingerprint density at radius 3 is 2.95 bits per heavy atom. The lowest BCUT2D eigenvalue weighted by atomic mass is 10.1. The Hall–Kier alpha value is -1.72. The van der Waals surface area contributed by atoms with Crippen LogP contribution in [0.2, 0.25) is 0 Å². The van der Waals surface area contributed by atoms with E-state index in [0.29, 0.717) is 4.77 Å². The average molecular weight is 301 g/mol. The van der Waals surface area contributed by atoms with Crippen LogP contribution in [0.3, 0.4) is 0 Å². The Morgan fingerprint density at radius 1 is 1.30 bits per heavy atom. The van der Waals surface area contributed by atoms with Gasteiger partial charge in [0.2, 0.25) is 0 Å². The second kappa shape index (κ2) is 5.73. The predicted octanol–water partition coefficient (Wildman–Crippen LogP) is 4.22. The maximum atomic E-state index is 5.34. The molecule has 0 radical (unpaired) electrons. The lowest BCUT2D eigenvalue weighted by Crippen LogP contribution is -2.03. The molecule has 20 heavy (non-hydrogen) atoms. The van der Waals surface area contributed by atoms with Crippen LogP contribution in [0.1, 0.15) is 11.1 Å². The first-order valence-electron chi connectivity index (χ1n) is 6.48. The van der Waals surface area contributed by atoms with Crippen LogP contribution in [0.25, 0.3) is 10.7 Å². The van der Waals surface area contributed by atoms with Gasteiger partial charge in [0.05, 0.1) is 4.88 Å². The molecule has 0 atom stereocenters. The molecule has 0 unspecified atom stereocenters. The van der Waals surface area contributed by atoms with E-state index in [2.05, 4.69) is 57.4 Å². The Bertz CT molecular complexity index is 754. The van der Waals surface area contributed by atoms with Crippen molar-refractivity contribution in [2.45, 2.75) is 19.9 Å². The molecule has 0 aliphatic rings. The van der Waals surface area contributed by atoms with E-state index in [0.717, 1.165) is 23.7 Å². The first-order valence-corrected chi connectivity index (χ1v) is 7.77.